The predicted octanol–water partition coefficient (Wildman–Crippen LogP) is 8.69. The predicted molar refractivity (Wildman–Crippen MR) is 187 cm³/mol. The number of rotatable bonds is 33. The lowest BCUT2D eigenvalue weighted by molar-refractivity contribution is -0.154. The molecular weight excluding hydrogens is 607 g/mol. The van der Waals surface area contributed by atoms with Gasteiger partial charge in [-0.25, -0.2) is 4.57 Å². The molecule has 10 heteroatoms. The van der Waals surface area contributed by atoms with Crippen molar-refractivity contribution in [1.82, 2.24) is 0 Å². The van der Waals surface area contributed by atoms with Crippen molar-refractivity contribution in [3.63, 3.8) is 0 Å². The van der Waals surface area contributed by atoms with E-state index < -0.39 is 45.8 Å². The molecule has 0 bridgehead atoms. The van der Waals surface area contributed by atoms with Gasteiger partial charge in [0.15, 0.2) is 0 Å². The number of aliphatic hydroxyl groups is 2. The first-order valence-electron chi connectivity index (χ1n) is 17.6. The van der Waals surface area contributed by atoms with Crippen molar-refractivity contribution in [3.8, 4) is 0 Å². The van der Waals surface area contributed by atoms with E-state index >= 15 is 0 Å². The van der Waals surface area contributed by atoms with E-state index in [0.717, 1.165) is 57.8 Å². The number of ether oxygens (including phenoxy) is 2. The van der Waals surface area contributed by atoms with Crippen LogP contribution in [0.2, 0.25) is 0 Å². The summed E-state index contributed by atoms with van der Waals surface area (Å²) in [5.41, 5.74) is 0. The Kier molecular flexibility index (Phi) is 32.2. The second-order valence-electron chi connectivity index (χ2n) is 11.5. The van der Waals surface area contributed by atoms with E-state index in [9.17, 15) is 19.4 Å². The summed E-state index contributed by atoms with van der Waals surface area (Å²) >= 11 is 0. The van der Waals surface area contributed by atoms with Gasteiger partial charge < -0.3 is 24.6 Å². The zero-order valence-electron chi connectivity index (χ0n) is 28.8. The zero-order valence-corrected chi connectivity index (χ0v) is 29.7. The fraction of sp³-hybridized carbons (Fsp3) is 0.750. The monoisotopic (exact) mass is 672 g/mol. The highest BCUT2D eigenvalue weighted by Crippen LogP contribution is 2.43. The number of hydrogen-bond donors (Lipinski definition) is 3. The van der Waals surface area contributed by atoms with Crippen molar-refractivity contribution in [2.45, 2.75) is 142 Å². The van der Waals surface area contributed by atoms with E-state index in [2.05, 4.69) is 62.5 Å². The summed E-state index contributed by atoms with van der Waals surface area (Å²) in [5, 5.41) is 18.2. The summed E-state index contributed by atoms with van der Waals surface area (Å²) in [4.78, 5) is 22.4. The summed E-state index contributed by atoms with van der Waals surface area (Å²) in [5.74, 6) is -0.405. The maximum absolute atomic E-state index is 12.5. The third-order valence-corrected chi connectivity index (χ3v) is 7.98. The van der Waals surface area contributed by atoms with Crippen LogP contribution in [0.1, 0.15) is 129 Å². The maximum Gasteiger partial charge on any atom is 0.472 e. The van der Waals surface area contributed by atoms with E-state index in [1.807, 2.05) is 0 Å². The summed E-state index contributed by atoms with van der Waals surface area (Å²) < 4.78 is 33.0. The van der Waals surface area contributed by atoms with Crippen molar-refractivity contribution in [3.05, 3.63) is 48.6 Å². The number of allylic oxidation sites excluding steroid dienone is 8. The smallest absolute Gasteiger partial charge is 0.457 e. The number of hydrogen-bond acceptors (Lipinski definition) is 8. The van der Waals surface area contributed by atoms with Crippen LogP contribution in [-0.4, -0.2) is 66.3 Å². The Labute approximate surface area is 279 Å². The Hall–Kier alpha value is -1.58. The molecule has 46 heavy (non-hydrogen) atoms. The molecular formula is C36H65O9P. The highest BCUT2D eigenvalue weighted by atomic mass is 31.2. The second kappa shape index (κ2) is 33.3. The van der Waals surface area contributed by atoms with Gasteiger partial charge in [0.05, 0.1) is 26.4 Å². The van der Waals surface area contributed by atoms with Crippen LogP contribution < -0.4 is 0 Å². The van der Waals surface area contributed by atoms with Gasteiger partial charge in [-0.05, 0) is 44.9 Å². The van der Waals surface area contributed by atoms with Crippen molar-refractivity contribution in [2.24, 2.45) is 0 Å². The van der Waals surface area contributed by atoms with Gasteiger partial charge in [0.2, 0.25) is 0 Å². The van der Waals surface area contributed by atoms with Crippen molar-refractivity contribution < 1.29 is 43.0 Å². The molecule has 0 saturated heterocycles. The molecule has 0 fully saturated rings. The molecule has 0 amide bonds. The highest BCUT2D eigenvalue weighted by Gasteiger charge is 2.26. The standard InChI is InChI=1S/C36H65O9P/c1-3-5-7-9-11-13-15-16-17-19-21-23-25-27-29-42-32-35(33-44-46(40,41)43-31-34(38)30-37)45-36(39)28-26-24-22-20-18-14-12-10-8-6-4-2/h5,7,11,13,16-17,21,23,34-35,37-38H,3-4,6,8-10,12,14-15,18-20,22,24-33H2,1-2H3,(H,40,41)/b7-5-,13-11-,17-16-,23-21-. The van der Waals surface area contributed by atoms with Gasteiger partial charge in [-0.2, -0.15) is 0 Å². The molecule has 0 aromatic heterocycles. The van der Waals surface area contributed by atoms with Crippen molar-refractivity contribution >= 4 is 13.8 Å². The third-order valence-electron chi connectivity index (χ3n) is 7.03. The molecule has 0 radical (unpaired) electrons. The lowest BCUT2D eigenvalue weighted by atomic mass is 10.1. The van der Waals surface area contributed by atoms with Crippen LogP contribution in [0, 0.1) is 0 Å². The number of esters is 1. The van der Waals surface area contributed by atoms with Crippen LogP contribution in [-0.2, 0) is 27.9 Å². The highest BCUT2D eigenvalue weighted by molar-refractivity contribution is 7.47. The Morgan fingerprint density at radius 1 is 0.696 bits per heavy atom. The molecule has 0 aromatic rings. The van der Waals surface area contributed by atoms with Crippen molar-refractivity contribution in [1.29, 1.82) is 0 Å². The Morgan fingerprint density at radius 3 is 1.78 bits per heavy atom. The van der Waals surface area contributed by atoms with Gasteiger partial charge in [0.25, 0.3) is 0 Å². The summed E-state index contributed by atoms with van der Waals surface area (Å²) in [6, 6.07) is 0. The Balaban J connectivity index is 4.38. The fourth-order valence-corrected chi connectivity index (χ4v) is 5.15. The first-order chi connectivity index (χ1) is 22.3. The lowest BCUT2D eigenvalue weighted by Gasteiger charge is -2.20. The number of phosphoric ester groups is 1. The van der Waals surface area contributed by atoms with Crippen LogP contribution in [0.15, 0.2) is 48.6 Å². The summed E-state index contributed by atoms with van der Waals surface area (Å²) in [6.45, 7) is 3.21. The maximum atomic E-state index is 12.5. The van der Waals surface area contributed by atoms with Gasteiger partial charge in [-0.1, -0.05) is 127 Å². The molecule has 0 spiro atoms. The minimum Gasteiger partial charge on any atom is -0.457 e. The Bertz CT molecular complexity index is 856. The molecule has 3 N–H and O–H groups in total. The zero-order chi connectivity index (χ0) is 34.0. The summed E-state index contributed by atoms with van der Waals surface area (Å²) in [6.07, 6.45) is 33.7. The molecule has 3 unspecified atom stereocenters. The van der Waals surface area contributed by atoms with E-state index in [0.29, 0.717) is 6.61 Å². The van der Waals surface area contributed by atoms with E-state index in [-0.39, 0.29) is 13.0 Å². The largest absolute Gasteiger partial charge is 0.472 e. The molecule has 0 aliphatic heterocycles. The first-order valence-corrected chi connectivity index (χ1v) is 19.1. The lowest BCUT2D eigenvalue weighted by Crippen LogP contribution is -2.29. The average molecular weight is 673 g/mol. The second-order valence-corrected chi connectivity index (χ2v) is 13.0. The Morgan fingerprint density at radius 2 is 1.22 bits per heavy atom. The van der Waals surface area contributed by atoms with E-state index in [4.69, 9.17) is 23.6 Å². The average Bonchev–Trinajstić information content (AvgIpc) is 3.04. The topological polar surface area (TPSA) is 132 Å². The van der Waals surface area contributed by atoms with Gasteiger partial charge in [-0.15, -0.1) is 0 Å². The molecule has 9 nitrogen and oxygen atoms in total. The molecule has 268 valence electrons. The number of phosphoric acid groups is 1. The van der Waals surface area contributed by atoms with Gasteiger partial charge in [0.1, 0.15) is 12.2 Å². The first kappa shape index (κ1) is 44.4. The SMILES string of the molecule is CC/C=C\C/C=C\C/C=C\C/C=C\CCCOCC(COP(=O)(O)OCC(O)CO)OC(=O)CCCCCCCCCCCCC. The molecule has 0 aliphatic carbocycles. The van der Waals surface area contributed by atoms with Crippen LogP contribution >= 0.6 is 7.82 Å². The van der Waals surface area contributed by atoms with Gasteiger partial charge >= 0.3 is 13.8 Å². The molecule has 3 atom stereocenters. The number of unbranched alkanes of at least 4 members (excludes halogenated alkanes) is 11. The van der Waals surface area contributed by atoms with Gasteiger partial charge in [0, 0.05) is 13.0 Å². The number of carbonyl (C=O) groups excluding carboxylic acids is 1. The van der Waals surface area contributed by atoms with E-state index in [1.165, 1.54) is 51.4 Å². The van der Waals surface area contributed by atoms with Crippen LogP contribution in [0.5, 0.6) is 0 Å². The third kappa shape index (κ3) is 32.4. The fourth-order valence-electron chi connectivity index (χ4n) is 4.36. The summed E-state index contributed by atoms with van der Waals surface area (Å²) in [7, 11) is -4.52. The molecule has 0 aliphatic rings. The number of carbonyl (C=O) groups is 1. The quantitative estimate of drug-likeness (QED) is 0.0271. The minimum atomic E-state index is -4.52. The minimum absolute atomic E-state index is 0.0114. The van der Waals surface area contributed by atoms with Crippen LogP contribution in [0.3, 0.4) is 0 Å². The number of aliphatic hydroxyl groups excluding tert-OH is 2. The molecule has 0 rings (SSSR count). The van der Waals surface area contributed by atoms with Gasteiger partial charge in [-0.3, -0.25) is 13.8 Å². The normalized spacial score (nSPS) is 15.0. The molecule has 0 heterocycles. The molecule has 0 saturated carbocycles. The van der Waals surface area contributed by atoms with Crippen LogP contribution in [0.4, 0.5) is 0 Å². The van der Waals surface area contributed by atoms with Crippen molar-refractivity contribution in [2.75, 3.05) is 33.0 Å². The van der Waals surface area contributed by atoms with E-state index in [1.54, 1.807) is 0 Å². The molecule has 0 aromatic carbocycles. The van der Waals surface area contributed by atoms with Crippen LogP contribution in [0.25, 0.3) is 0 Å².